The second kappa shape index (κ2) is 5.66. The lowest BCUT2D eigenvalue weighted by Gasteiger charge is -2.15. The molecule has 0 amide bonds. The Morgan fingerprint density at radius 1 is 1.28 bits per heavy atom. The quantitative estimate of drug-likeness (QED) is 0.457. The second-order valence-electron chi connectivity index (χ2n) is 5.52. The lowest BCUT2D eigenvalue weighted by atomic mass is 10.5. The number of rotatable bonds is 5. The average molecular weight is 375 g/mol. The topological polar surface area (TPSA) is 39.9 Å². The number of aromatic nitrogens is 3. The summed E-state index contributed by atoms with van der Waals surface area (Å²) in [5, 5.41) is 0. The van der Waals surface area contributed by atoms with Crippen molar-refractivity contribution in [3.8, 4) is 0 Å². The monoisotopic (exact) mass is 375 g/mol. The summed E-state index contributed by atoms with van der Waals surface area (Å²) in [5.74, 6) is 0. The van der Waals surface area contributed by atoms with Crippen LogP contribution in [-0.4, -0.2) is 29.2 Å². The molecule has 0 fully saturated rings. The number of hydrogen-bond acceptors (Lipinski definition) is 3. The lowest BCUT2D eigenvalue weighted by Crippen LogP contribution is -2.22. The fourth-order valence-corrected chi connectivity index (χ4v) is 3.08. The largest absolute Gasteiger partial charge is 0.361 e. The maximum Gasteiger partial charge on any atom is 0.161 e. The van der Waals surface area contributed by atoms with Crippen LogP contribution in [-0.2, 0) is 11.5 Å². The molecule has 0 radical (unpaired) electrons. The van der Waals surface area contributed by atoms with Crippen molar-refractivity contribution in [3.05, 3.63) is 22.2 Å². The number of hydrogen-bond donors (Lipinski definition) is 0. The molecule has 2 rings (SSSR count). The number of ether oxygens (including phenoxy) is 1. The van der Waals surface area contributed by atoms with Gasteiger partial charge in [-0.15, -0.1) is 0 Å². The van der Waals surface area contributed by atoms with Gasteiger partial charge in [-0.05, 0) is 28.6 Å². The minimum Gasteiger partial charge on any atom is -0.361 e. The number of fused-ring (bicyclic) bond motifs is 1. The molecule has 0 N–H and O–H groups in total. The highest BCUT2D eigenvalue weighted by Crippen LogP contribution is 2.18. The van der Waals surface area contributed by atoms with Gasteiger partial charge in [-0.25, -0.2) is 4.98 Å². The summed E-state index contributed by atoms with van der Waals surface area (Å²) in [6, 6.07) is 1.19. The summed E-state index contributed by atoms with van der Waals surface area (Å²) in [6.07, 6.45) is 5.48. The van der Waals surface area contributed by atoms with Gasteiger partial charge in [0.1, 0.15) is 12.2 Å². The van der Waals surface area contributed by atoms with E-state index in [1.807, 2.05) is 10.8 Å². The summed E-state index contributed by atoms with van der Waals surface area (Å²) in [7, 11) is -1.01. The molecule has 0 aliphatic heterocycles. The van der Waals surface area contributed by atoms with Crippen LogP contribution >= 0.6 is 22.6 Å². The van der Waals surface area contributed by atoms with Crippen molar-refractivity contribution in [2.75, 3.05) is 6.61 Å². The maximum atomic E-state index is 5.74. The van der Waals surface area contributed by atoms with E-state index in [1.165, 1.54) is 6.04 Å². The van der Waals surface area contributed by atoms with Crippen molar-refractivity contribution in [2.24, 2.45) is 0 Å². The Kier molecular flexibility index (Phi) is 4.39. The Balaban J connectivity index is 2.00. The Bertz CT molecular complexity index is 536. The van der Waals surface area contributed by atoms with Gasteiger partial charge in [0.2, 0.25) is 0 Å². The molecule has 0 spiro atoms. The van der Waals surface area contributed by atoms with E-state index in [1.54, 1.807) is 12.4 Å². The fourth-order valence-electron chi connectivity index (χ4n) is 1.61. The van der Waals surface area contributed by atoms with Gasteiger partial charge < -0.3 is 9.30 Å². The third-order valence-corrected chi connectivity index (χ3v) is 5.17. The van der Waals surface area contributed by atoms with E-state index >= 15 is 0 Å². The SMILES string of the molecule is C[Si](C)(C)CCOCn1cc(I)c2nccnc21. The fraction of sp³-hybridized carbons (Fsp3) is 0.500. The zero-order chi connectivity index (χ0) is 13.2. The first-order valence-corrected chi connectivity index (χ1v) is 10.8. The molecular formula is C12H18IN3OSi. The molecule has 0 unspecified atom stereocenters. The predicted octanol–water partition coefficient (Wildman–Crippen LogP) is 3.35. The van der Waals surface area contributed by atoms with Crippen molar-refractivity contribution in [1.29, 1.82) is 0 Å². The minimum atomic E-state index is -1.01. The molecule has 4 nitrogen and oxygen atoms in total. The van der Waals surface area contributed by atoms with Gasteiger partial charge in [-0.2, -0.15) is 0 Å². The van der Waals surface area contributed by atoms with E-state index in [0.29, 0.717) is 6.73 Å². The summed E-state index contributed by atoms with van der Waals surface area (Å²) >= 11 is 2.28. The van der Waals surface area contributed by atoms with Crippen LogP contribution in [0, 0.1) is 3.57 Å². The molecule has 0 aliphatic rings. The first kappa shape index (κ1) is 13.9. The third kappa shape index (κ3) is 3.52. The van der Waals surface area contributed by atoms with E-state index in [2.05, 4.69) is 52.2 Å². The molecule has 0 atom stereocenters. The van der Waals surface area contributed by atoms with Crippen molar-refractivity contribution in [1.82, 2.24) is 14.5 Å². The Labute approximate surface area is 122 Å². The van der Waals surface area contributed by atoms with Crippen LogP contribution in [0.1, 0.15) is 0 Å². The Hall–Kier alpha value is -0.473. The van der Waals surface area contributed by atoms with E-state index in [-0.39, 0.29) is 0 Å². The summed E-state index contributed by atoms with van der Waals surface area (Å²) in [5.41, 5.74) is 1.85. The van der Waals surface area contributed by atoms with Gasteiger partial charge in [-0.1, -0.05) is 19.6 Å². The van der Waals surface area contributed by atoms with E-state index in [4.69, 9.17) is 4.74 Å². The molecule has 6 heteroatoms. The third-order valence-electron chi connectivity index (χ3n) is 2.67. The normalized spacial score (nSPS) is 12.2. The molecule has 2 aromatic rings. The molecular weight excluding hydrogens is 357 g/mol. The summed E-state index contributed by atoms with van der Waals surface area (Å²) in [6.45, 7) is 8.45. The van der Waals surface area contributed by atoms with Gasteiger partial charge in [-0.3, -0.25) is 4.98 Å². The zero-order valence-electron chi connectivity index (χ0n) is 11.0. The van der Waals surface area contributed by atoms with Crippen LogP contribution in [0.4, 0.5) is 0 Å². The van der Waals surface area contributed by atoms with Crippen LogP contribution in [0.25, 0.3) is 11.2 Å². The molecule has 98 valence electrons. The van der Waals surface area contributed by atoms with Crippen LogP contribution in [0.3, 0.4) is 0 Å². The highest BCUT2D eigenvalue weighted by Gasteiger charge is 2.13. The van der Waals surface area contributed by atoms with Gasteiger partial charge in [0.15, 0.2) is 5.65 Å². The van der Waals surface area contributed by atoms with Gasteiger partial charge in [0, 0.05) is 33.3 Å². The van der Waals surface area contributed by atoms with Gasteiger partial charge >= 0.3 is 0 Å². The van der Waals surface area contributed by atoms with Gasteiger partial charge in [0.25, 0.3) is 0 Å². The van der Waals surface area contributed by atoms with Crippen LogP contribution in [0.5, 0.6) is 0 Å². The standard InChI is InChI=1S/C12H18IN3OSi/c1-18(2,3)7-6-17-9-16-8-10(13)11-12(16)15-5-4-14-11/h4-5,8H,6-7,9H2,1-3H3. The average Bonchev–Trinajstić information content (AvgIpc) is 2.62. The lowest BCUT2D eigenvalue weighted by molar-refractivity contribution is 0.0898. The van der Waals surface area contributed by atoms with Crippen LogP contribution in [0.15, 0.2) is 18.6 Å². The molecule has 0 aliphatic carbocycles. The molecule has 0 saturated heterocycles. The summed E-state index contributed by atoms with van der Waals surface area (Å²) < 4.78 is 8.88. The Morgan fingerprint density at radius 3 is 2.72 bits per heavy atom. The predicted molar refractivity (Wildman–Crippen MR) is 84.4 cm³/mol. The van der Waals surface area contributed by atoms with Crippen LogP contribution < -0.4 is 0 Å². The minimum absolute atomic E-state index is 0.558. The highest BCUT2D eigenvalue weighted by atomic mass is 127. The first-order valence-electron chi connectivity index (χ1n) is 6.00. The van der Waals surface area contributed by atoms with Crippen molar-refractivity contribution >= 4 is 41.8 Å². The van der Waals surface area contributed by atoms with E-state index < -0.39 is 8.07 Å². The van der Waals surface area contributed by atoms with Crippen molar-refractivity contribution in [2.45, 2.75) is 32.4 Å². The van der Waals surface area contributed by atoms with E-state index in [9.17, 15) is 0 Å². The zero-order valence-corrected chi connectivity index (χ0v) is 14.1. The van der Waals surface area contributed by atoms with Gasteiger partial charge in [0.05, 0.1) is 3.57 Å². The smallest absolute Gasteiger partial charge is 0.161 e. The number of halogens is 1. The van der Waals surface area contributed by atoms with E-state index in [0.717, 1.165) is 21.3 Å². The molecule has 2 heterocycles. The van der Waals surface area contributed by atoms with Crippen molar-refractivity contribution < 1.29 is 4.74 Å². The highest BCUT2D eigenvalue weighted by molar-refractivity contribution is 14.1. The molecule has 0 aromatic carbocycles. The van der Waals surface area contributed by atoms with Crippen molar-refractivity contribution in [3.63, 3.8) is 0 Å². The molecule has 2 aromatic heterocycles. The Morgan fingerprint density at radius 2 is 2.00 bits per heavy atom. The van der Waals surface area contributed by atoms with Crippen LogP contribution in [0.2, 0.25) is 25.7 Å². The second-order valence-corrected chi connectivity index (χ2v) is 12.3. The maximum absolute atomic E-state index is 5.74. The molecule has 0 bridgehead atoms. The summed E-state index contributed by atoms with van der Waals surface area (Å²) in [4.78, 5) is 8.68. The molecule has 18 heavy (non-hydrogen) atoms. The number of nitrogens with zero attached hydrogens (tertiary/aromatic N) is 3. The first-order chi connectivity index (χ1) is 8.47. The molecule has 0 saturated carbocycles.